The SMILES string of the molecule is O=P(OCCS(=O)(=O)c1ccc2ccc3cccc4ccc1c2c34)(OCc1ccccc1)OCc1ccccc1. The summed E-state index contributed by atoms with van der Waals surface area (Å²) in [5.41, 5.74) is 1.58. The summed E-state index contributed by atoms with van der Waals surface area (Å²) in [6.07, 6.45) is 0. The van der Waals surface area contributed by atoms with Gasteiger partial charge in [0, 0.05) is 5.39 Å². The topological polar surface area (TPSA) is 78.9 Å². The molecule has 40 heavy (non-hydrogen) atoms. The largest absolute Gasteiger partial charge is 0.475 e. The van der Waals surface area contributed by atoms with Crippen molar-refractivity contribution in [1.82, 2.24) is 0 Å². The molecule has 0 spiro atoms. The van der Waals surface area contributed by atoms with E-state index in [0.717, 1.165) is 38.1 Å². The minimum Gasteiger partial charge on any atom is -0.286 e. The molecule has 0 saturated heterocycles. The van der Waals surface area contributed by atoms with Gasteiger partial charge in [-0.15, -0.1) is 0 Å². The second-order valence-electron chi connectivity index (χ2n) is 9.54. The van der Waals surface area contributed by atoms with Crippen LogP contribution in [-0.4, -0.2) is 20.8 Å². The Balaban J connectivity index is 1.23. The number of sulfone groups is 1. The zero-order chi connectivity index (χ0) is 27.6. The van der Waals surface area contributed by atoms with E-state index in [-0.39, 0.29) is 30.5 Å². The third kappa shape index (κ3) is 5.52. The van der Waals surface area contributed by atoms with Crippen molar-refractivity contribution >= 4 is 50.0 Å². The smallest absolute Gasteiger partial charge is 0.286 e. The number of hydrogen-bond donors (Lipinski definition) is 0. The van der Waals surface area contributed by atoms with Crippen LogP contribution in [0.4, 0.5) is 0 Å². The molecule has 6 aromatic carbocycles. The van der Waals surface area contributed by atoms with Crippen molar-refractivity contribution in [3.8, 4) is 0 Å². The summed E-state index contributed by atoms with van der Waals surface area (Å²) in [6, 6.07) is 35.8. The Kier molecular flexibility index (Phi) is 7.41. The predicted octanol–water partition coefficient (Wildman–Crippen LogP) is 7.92. The highest BCUT2D eigenvalue weighted by molar-refractivity contribution is 7.91. The maximum absolute atomic E-state index is 13.6. The van der Waals surface area contributed by atoms with Gasteiger partial charge in [0.25, 0.3) is 0 Å². The zero-order valence-electron chi connectivity index (χ0n) is 21.6. The standard InChI is InChI=1S/C32H27O6PS/c33-39(37-22-24-8-3-1-4-9-24,38-23-25-10-5-2-6-11-25)36-20-21-40(34,35)30-19-17-28-15-14-26-12-7-13-27-16-18-29(30)32(28)31(26)27/h1-19H,20-23H2. The molecule has 0 saturated carbocycles. The number of phosphoric acid groups is 1. The lowest BCUT2D eigenvalue weighted by Gasteiger charge is -2.19. The molecule has 0 fully saturated rings. The Bertz CT molecular complexity index is 1860. The summed E-state index contributed by atoms with van der Waals surface area (Å²) in [6.45, 7) is -0.367. The molecular formula is C32H27O6PS. The van der Waals surface area contributed by atoms with Gasteiger partial charge in [0.05, 0.1) is 30.5 Å². The lowest BCUT2D eigenvalue weighted by Crippen LogP contribution is -2.13. The third-order valence-electron chi connectivity index (χ3n) is 6.89. The quantitative estimate of drug-likeness (QED) is 0.116. The zero-order valence-corrected chi connectivity index (χ0v) is 23.3. The third-order valence-corrected chi connectivity index (χ3v) is 10.0. The van der Waals surface area contributed by atoms with E-state index < -0.39 is 17.7 Å². The first-order valence-electron chi connectivity index (χ1n) is 12.9. The monoisotopic (exact) mass is 570 g/mol. The molecule has 0 amide bonds. The number of hydrogen-bond acceptors (Lipinski definition) is 6. The summed E-state index contributed by atoms with van der Waals surface area (Å²) < 4.78 is 57.5. The van der Waals surface area contributed by atoms with E-state index in [0.29, 0.717) is 5.39 Å². The summed E-state index contributed by atoms with van der Waals surface area (Å²) >= 11 is 0. The summed E-state index contributed by atoms with van der Waals surface area (Å²) in [7, 11) is -7.89. The summed E-state index contributed by atoms with van der Waals surface area (Å²) in [4.78, 5) is 0.215. The molecule has 0 heterocycles. The molecule has 0 radical (unpaired) electrons. The Morgan fingerprint density at radius 2 is 1.07 bits per heavy atom. The average molecular weight is 571 g/mol. The van der Waals surface area contributed by atoms with Crippen LogP contribution in [-0.2, 0) is 41.2 Å². The Hall–Kier alpha value is -3.58. The van der Waals surface area contributed by atoms with Gasteiger partial charge in [-0.2, -0.15) is 0 Å². The highest BCUT2D eigenvalue weighted by Crippen LogP contribution is 2.51. The van der Waals surface area contributed by atoms with Gasteiger partial charge in [0.1, 0.15) is 0 Å². The second-order valence-corrected chi connectivity index (χ2v) is 13.3. The lowest BCUT2D eigenvalue weighted by atomic mass is 9.94. The van der Waals surface area contributed by atoms with Crippen LogP contribution in [0.1, 0.15) is 11.1 Å². The van der Waals surface area contributed by atoms with E-state index in [2.05, 4.69) is 6.07 Å². The van der Waals surface area contributed by atoms with Crippen molar-refractivity contribution in [3.63, 3.8) is 0 Å². The highest BCUT2D eigenvalue weighted by atomic mass is 32.2. The van der Waals surface area contributed by atoms with Gasteiger partial charge in [-0.05, 0) is 44.1 Å². The molecule has 0 aromatic heterocycles. The highest BCUT2D eigenvalue weighted by Gasteiger charge is 2.29. The van der Waals surface area contributed by atoms with Crippen LogP contribution in [0.25, 0.3) is 32.3 Å². The van der Waals surface area contributed by atoms with E-state index in [1.54, 1.807) is 6.07 Å². The minimum atomic E-state index is -4.09. The molecule has 0 aliphatic heterocycles. The van der Waals surface area contributed by atoms with Gasteiger partial charge < -0.3 is 0 Å². The fraction of sp³-hybridized carbons (Fsp3) is 0.125. The van der Waals surface area contributed by atoms with E-state index in [1.807, 2.05) is 103 Å². The van der Waals surface area contributed by atoms with Crippen LogP contribution in [0.15, 0.2) is 120 Å². The molecule has 0 aliphatic rings. The van der Waals surface area contributed by atoms with Crippen molar-refractivity contribution in [2.75, 3.05) is 12.4 Å². The van der Waals surface area contributed by atoms with Crippen LogP contribution >= 0.6 is 7.82 Å². The molecule has 0 atom stereocenters. The predicted molar refractivity (Wildman–Crippen MR) is 158 cm³/mol. The second kappa shape index (κ2) is 11.1. The van der Waals surface area contributed by atoms with E-state index in [1.165, 1.54) is 0 Å². The molecule has 6 nitrogen and oxygen atoms in total. The number of phosphoric ester groups is 1. The fourth-order valence-corrected chi connectivity index (χ4v) is 7.50. The molecule has 0 bridgehead atoms. The first-order valence-corrected chi connectivity index (χ1v) is 16.0. The molecule has 0 N–H and O–H groups in total. The van der Waals surface area contributed by atoms with Crippen molar-refractivity contribution in [1.29, 1.82) is 0 Å². The Morgan fingerprint density at radius 1 is 0.550 bits per heavy atom. The molecule has 202 valence electrons. The number of rotatable bonds is 11. The van der Waals surface area contributed by atoms with E-state index >= 15 is 0 Å². The Labute approximate surface area is 233 Å². The first-order chi connectivity index (χ1) is 19.4. The number of benzene rings is 6. The van der Waals surface area contributed by atoms with Crippen LogP contribution in [0, 0.1) is 0 Å². The first kappa shape index (κ1) is 26.6. The van der Waals surface area contributed by atoms with Gasteiger partial charge in [0.2, 0.25) is 0 Å². The van der Waals surface area contributed by atoms with Crippen molar-refractivity contribution in [3.05, 3.63) is 126 Å². The van der Waals surface area contributed by atoms with Crippen LogP contribution in [0.3, 0.4) is 0 Å². The van der Waals surface area contributed by atoms with Crippen LogP contribution in [0.2, 0.25) is 0 Å². The van der Waals surface area contributed by atoms with Gasteiger partial charge in [-0.1, -0.05) is 109 Å². The normalized spacial score (nSPS) is 12.5. The molecule has 6 rings (SSSR count). The van der Waals surface area contributed by atoms with Gasteiger partial charge >= 0.3 is 7.82 Å². The molecule has 0 unspecified atom stereocenters. The average Bonchev–Trinajstić information content (AvgIpc) is 2.99. The van der Waals surface area contributed by atoms with Crippen molar-refractivity contribution < 1.29 is 26.6 Å². The van der Waals surface area contributed by atoms with Gasteiger partial charge in [-0.25, -0.2) is 13.0 Å². The maximum atomic E-state index is 13.6. The van der Waals surface area contributed by atoms with Crippen molar-refractivity contribution in [2.45, 2.75) is 18.1 Å². The van der Waals surface area contributed by atoms with Crippen LogP contribution < -0.4 is 0 Å². The van der Waals surface area contributed by atoms with E-state index in [4.69, 9.17) is 13.6 Å². The van der Waals surface area contributed by atoms with Gasteiger partial charge in [-0.3, -0.25) is 13.6 Å². The molecule has 8 heteroatoms. The van der Waals surface area contributed by atoms with Crippen LogP contribution in [0.5, 0.6) is 0 Å². The molecular weight excluding hydrogens is 543 g/mol. The van der Waals surface area contributed by atoms with E-state index in [9.17, 15) is 13.0 Å². The molecule has 6 aromatic rings. The van der Waals surface area contributed by atoms with Gasteiger partial charge in [0.15, 0.2) is 9.84 Å². The van der Waals surface area contributed by atoms with Crippen molar-refractivity contribution in [2.24, 2.45) is 0 Å². The maximum Gasteiger partial charge on any atom is 0.475 e. The minimum absolute atomic E-state index is 0.00528. The lowest BCUT2D eigenvalue weighted by molar-refractivity contribution is 0.107. The summed E-state index contributed by atoms with van der Waals surface area (Å²) in [5.74, 6) is -0.385. The molecule has 0 aliphatic carbocycles. The summed E-state index contributed by atoms with van der Waals surface area (Å²) in [5, 5.41) is 5.70. The fourth-order valence-electron chi connectivity index (χ4n) is 4.92. The Morgan fingerprint density at radius 3 is 1.68 bits per heavy atom.